The van der Waals surface area contributed by atoms with E-state index in [0.29, 0.717) is 75.6 Å². The summed E-state index contributed by atoms with van der Waals surface area (Å²) >= 11 is 1.70. The van der Waals surface area contributed by atoms with Crippen LogP contribution in [-0.4, -0.2) is 175 Å². The number of alkyl carbamates (subject to hydrolysis) is 1. The molecule has 422 valence electrons. The standard InChI is InChI=1S/C25H48N8O6.C22H21F2N3O2S.C5H11NO/c1-25(2,3)39-24(38)28-9-11-30(4)12-13-31(5)14-15-32(6)17-21(35)29-18(16-20(26)34)23(37)33-10-7-8-19(33)22(27)36;1-13-5-6-28-20-9-15(23)3-4-18(20)21-19(24)11-25-22(27-21)26-16-7-14(12-30-2)8-17(10-16)29-13;1-4(2)3-5(6)7/h18-19H,7-17H2,1-6H3,(H2,26,34)(H2,27,36)(H,28,38)(H,29,35);3-4,7-11,13H,5-6,12H2,1-2H3,(H,25,26,27);4H,3H2,1-2H3,(H2,6,7). The molecule has 0 radical (unpaired) electrons. The van der Waals surface area contributed by atoms with Crippen LogP contribution in [0.1, 0.15) is 79.2 Å². The van der Waals surface area contributed by atoms with Gasteiger partial charge in [0.05, 0.1) is 31.9 Å². The number of primary amides is 3. The molecule has 76 heavy (non-hydrogen) atoms. The van der Waals surface area contributed by atoms with Gasteiger partial charge in [0.2, 0.25) is 35.5 Å². The first-order valence-electron chi connectivity index (χ1n) is 25.2. The zero-order valence-electron chi connectivity index (χ0n) is 45.7. The van der Waals surface area contributed by atoms with E-state index in [9.17, 15) is 37.5 Å². The minimum atomic E-state index is -1.15. The first-order chi connectivity index (χ1) is 35.7. The van der Waals surface area contributed by atoms with Crippen LogP contribution in [0.4, 0.5) is 25.2 Å². The molecular formula is C52H80F2N12O9S. The Morgan fingerprint density at radius 2 is 1.58 bits per heavy atom. The van der Waals surface area contributed by atoms with Crippen LogP contribution in [0, 0.1) is 17.6 Å². The van der Waals surface area contributed by atoms with E-state index < -0.39 is 59.0 Å². The lowest BCUT2D eigenvalue weighted by atomic mass is 10.1. The van der Waals surface area contributed by atoms with Gasteiger partial charge in [-0.05, 0) is 104 Å². The number of nitrogens with one attached hydrogen (secondary N) is 3. The molecule has 0 spiro atoms. The first kappa shape index (κ1) is 63.9. The summed E-state index contributed by atoms with van der Waals surface area (Å²) < 4.78 is 45.5. The van der Waals surface area contributed by atoms with Gasteiger partial charge in [0.25, 0.3) is 0 Å². The Bertz CT molecular complexity index is 2400. The van der Waals surface area contributed by atoms with Gasteiger partial charge in [0, 0.05) is 87.8 Å². The van der Waals surface area contributed by atoms with E-state index in [1.165, 1.54) is 23.1 Å². The number of nitrogens with zero attached hydrogens (tertiary/aromatic N) is 6. The number of likely N-dealkylation sites (N-methyl/N-ethyl adjacent to an activating group) is 3. The third kappa shape index (κ3) is 24.1. The highest BCUT2D eigenvalue weighted by molar-refractivity contribution is 7.97. The highest BCUT2D eigenvalue weighted by atomic mass is 32.2. The van der Waals surface area contributed by atoms with Crippen molar-refractivity contribution >= 4 is 59.0 Å². The zero-order chi connectivity index (χ0) is 56.7. The number of halogens is 2. The number of likely N-dealkylation sites (tertiary alicyclic amines) is 1. The zero-order valence-corrected chi connectivity index (χ0v) is 46.5. The number of hydrogen-bond donors (Lipinski definition) is 6. The Morgan fingerprint density at radius 3 is 2.18 bits per heavy atom. The SMILES string of the molecule is CC(C)CC(N)=O.CN(CCNC(=O)OC(C)(C)C)CCN(C)CCN(C)CC(=O)NC(CC(N)=O)C(=O)N1CCCC1C(N)=O.CSCc1cc2cc(c1)OC(C)CCOc1cc(F)ccc1-c1nc(ncc1F)N2. The van der Waals surface area contributed by atoms with Crippen molar-refractivity contribution in [2.24, 2.45) is 23.1 Å². The normalized spacial score (nSPS) is 15.6. The van der Waals surface area contributed by atoms with Gasteiger partial charge >= 0.3 is 6.09 Å². The Kier molecular flexibility index (Phi) is 26.6. The highest BCUT2D eigenvalue weighted by Crippen LogP contribution is 2.33. The molecule has 3 aromatic rings. The van der Waals surface area contributed by atoms with Gasteiger partial charge in [-0.2, -0.15) is 11.8 Å². The number of fused-ring (bicyclic) bond motifs is 6. The number of carbonyl (C=O) groups is 6. The number of thioether (sulfide) groups is 1. The largest absolute Gasteiger partial charge is 0.493 e. The molecular weight excluding hydrogens is 1010 g/mol. The molecule has 2 aliphatic rings. The fourth-order valence-electron chi connectivity index (χ4n) is 7.70. The van der Waals surface area contributed by atoms with E-state index in [2.05, 4.69) is 35.7 Å². The quantitative estimate of drug-likeness (QED) is 0.0923. The fraction of sp³-hybridized carbons (Fsp3) is 0.577. The van der Waals surface area contributed by atoms with Crippen molar-refractivity contribution in [3.05, 3.63) is 59.8 Å². The van der Waals surface area contributed by atoms with Crippen molar-refractivity contribution < 1.29 is 51.8 Å². The van der Waals surface area contributed by atoms with Gasteiger partial charge in [-0.1, -0.05) is 13.8 Å². The number of amides is 6. The van der Waals surface area contributed by atoms with Gasteiger partial charge in [-0.3, -0.25) is 28.9 Å². The van der Waals surface area contributed by atoms with Crippen LogP contribution in [0.3, 0.4) is 0 Å². The molecule has 0 saturated carbocycles. The first-order valence-corrected chi connectivity index (χ1v) is 26.6. The highest BCUT2D eigenvalue weighted by Gasteiger charge is 2.37. The smallest absolute Gasteiger partial charge is 0.407 e. The van der Waals surface area contributed by atoms with Gasteiger partial charge in [0.15, 0.2) is 5.82 Å². The van der Waals surface area contributed by atoms with Gasteiger partial charge < -0.3 is 62.1 Å². The Labute approximate surface area is 450 Å². The van der Waals surface area contributed by atoms with Crippen LogP contribution in [0.25, 0.3) is 11.3 Å². The fourth-order valence-corrected chi connectivity index (χ4v) is 8.20. The number of benzene rings is 2. The second-order valence-electron chi connectivity index (χ2n) is 20.2. The lowest BCUT2D eigenvalue weighted by Gasteiger charge is -2.28. The number of rotatable bonds is 20. The van der Waals surface area contributed by atoms with E-state index in [0.717, 1.165) is 36.3 Å². The molecule has 4 bridgehead atoms. The van der Waals surface area contributed by atoms with Crippen molar-refractivity contribution in [3.8, 4) is 22.8 Å². The van der Waals surface area contributed by atoms with Crippen molar-refractivity contribution in [1.82, 2.24) is 40.2 Å². The Balaban J connectivity index is 0.000000362. The van der Waals surface area contributed by atoms with Gasteiger partial charge in [0.1, 0.15) is 40.7 Å². The topological polar surface area (TPSA) is 283 Å². The molecule has 1 aromatic heterocycles. The lowest BCUT2D eigenvalue weighted by Crippen LogP contribution is -2.55. The number of nitrogens with two attached hydrogens (primary N) is 3. The molecule has 1 fully saturated rings. The van der Waals surface area contributed by atoms with E-state index >= 15 is 0 Å². The van der Waals surface area contributed by atoms with Crippen LogP contribution in [0.2, 0.25) is 0 Å². The molecule has 21 nitrogen and oxygen atoms in total. The summed E-state index contributed by atoms with van der Waals surface area (Å²) in [5.41, 5.74) is 17.3. The number of anilines is 2. The molecule has 1 saturated heterocycles. The molecule has 5 rings (SSSR count). The van der Waals surface area contributed by atoms with Crippen LogP contribution in [-0.2, 0) is 34.5 Å². The Hall–Kier alpha value is -6.37. The van der Waals surface area contributed by atoms with Crippen LogP contribution in [0.15, 0.2) is 42.6 Å². The van der Waals surface area contributed by atoms with Crippen LogP contribution >= 0.6 is 11.8 Å². The maximum Gasteiger partial charge on any atom is 0.407 e. The molecule has 2 aromatic carbocycles. The van der Waals surface area contributed by atoms with Crippen molar-refractivity contribution in [2.75, 3.05) is 91.7 Å². The average molecular weight is 1090 g/mol. The molecule has 24 heteroatoms. The molecule has 3 heterocycles. The number of aromatic nitrogens is 2. The number of ether oxygens (including phenoxy) is 3. The van der Waals surface area contributed by atoms with E-state index in [1.807, 2.05) is 85.0 Å². The van der Waals surface area contributed by atoms with Gasteiger partial charge in [-0.15, -0.1) is 0 Å². The minimum Gasteiger partial charge on any atom is -0.493 e. The van der Waals surface area contributed by atoms with Crippen molar-refractivity contribution in [3.63, 3.8) is 0 Å². The van der Waals surface area contributed by atoms with Crippen molar-refractivity contribution in [1.29, 1.82) is 0 Å². The predicted molar refractivity (Wildman–Crippen MR) is 290 cm³/mol. The third-order valence-corrected chi connectivity index (χ3v) is 12.0. The summed E-state index contributed by atoms with van der Waals surface area (Å²) in [6.45, 7) is 16.0. The van der Waals surface area contributed by atoms with E-state index in [-0.39, 0.29) is 49.0 Å². The van der Waals surface area contributed by atoms with Crippen LogP contribution < -0.4 is 42.6 Å². The van der Waals surface area contributed by atoms with Crippen molar-refractivity contribution in [2.45, 2.75) is 103 Å². The maximum atomic E-state index is 14.6. The summed E-state index contributed by atoms with van der Waals surface area (Å²) in [6, 6.07) is 7.90. The summed E-state index contributed by atoms with van der Waals surface area (Å²) in [6.07, 6.45) is 4.34. The molecule has 0 aliphatic carbocycles. The summed E-state index contributed by atoms with van der Waals surface area (Å²) in [5.74, 6) is -1.22. The van der Waals surface area contributed by atoms with E-state index in [1.54, 1.807) is 18.8 Å². The molecule has 6 amide bonds. The maximum absolute atomic E-state index is 14.6. The van der Waals surface area contributed by atoms with Crippen LogP contribution in [0.5, 0.6) is 11.5 Å². The second-order valence-corrected chi connectivity index (χ2v) is 21.1. The summed E-state index contributed by atoms with van der Waals surface area (Å²) in [4.78, 5) is 86.3. The molecule has 9 N–H and O–H groups in total. The molecule has 2 aliphatic heterocycles. The third-order valence-electron chi connectivity index (χ3n) is 11.4. The minimum absolute atomic E-state index is 0.0197. The summed E-state index contributed by atoms with van der Waals surface area (Å²) in [7, 11) is 5.74. The molecule has 3 atom stereocenters. The second kappa shape index (κ2) is 31.6. The average Bonchev–Trinajstić information content (AvgIpc) is 3.81. The number of hydrogen-bond acceptors (Lipinski definition) is 16. The van der Waals surface area contributed by atoms with E-state index in [4.69, 9.17) is 31.4 Å². The number of carbonyl (C=O) groups excluding carboxylic acids is 6. The Morgan fingerprint density at radius 1 is 0.921 bits per heavy atom. The lowest BCUT2D eigenvalue weighted by molar-refractivity contribution is -0.141. The van der Waals surface area contributed by atoms with Gasteiger partial charge in [-0.25, -0.2) is 23.5 Å². The molecule has 3 unspecified atom stereocenters. The monoisotopic (exact) mass is 1090 g/mol. The summed E-state index contributed by atoms with van der Waals surface area (Å²) in [5, 5.41) is 8.47. The predicted octanol–water partition coefficient (Wildman–Crippen LogP) is 4.24.